The Morgan fingerprint density at radius 3 is 2.29 bits per heavy atom. The van der Waals surface area contributed by atoms with Gasteiger partial charge in [-0.2, -0.15) is 0 Å². The minimum absolute atomic E-state index is 0.0424. The molecule has 3 aromatic carbocycles. The third kappa shape index (κ3) is 6.90. The Morgan fingerprint density at radius 2 is 1.62 bits per heavy atom. The minimum atomic E-state index is -0.977. The molecule has 45 heavy (non-hydrogen) atoms. The van der Waals surface area contributed by atoms with E-state index in [1.807, 2.05) is 36.4 Å². The van der Waals surface area contributed by atoms with Crippen LogP contribution >= 0.6 is 0 Å². The molecule has 1 heterocycles. The topological polar surface area (TPSA) is 108 Å². The number of hydrogen-bond acceptors (Lipinski definition) is 7. The SMILES string of the molecule is COc1cc([C@@H](C(=O)NC2CCCCC2)N(CCc2ccccc2C)C(=O)[C@@H](C)n2nnc3ccccc32)cc(OC)c1OC. The van der Waals surface area contributed by atoms with Crippen molar-refractivity contribution in [2.24, 2.45) is 0 Å². The van der Waals surface area contributed by atoms with Gasteiger partial charge in [0, 0.05) is 12.6 Å². The van der Waals surface area contributed by atoms with E-state index in [2.05, 4.69) is 34.7 Å². The molecule has 1 saturated carbocycles. The maximum absolute atomic E-state index is 14.7. The van der Waals surface area contributed by atoms with Gasteiger partial charge in [-0.3, -0.25) is 9.59 Å². The summed E-state index contributed by atoms with van der Waals surface area (Å²) in [7, 11) is 4.61. The highest BCUT2D eigenvalue weighted by Gasteiger charge is 2.37. The number of ether oxygens (including phenoxy) is 3. The molecule has 0 spiro atoms. The fraction of sp³-hybridized carbons (Fsp3) is 0.429. The maximum atomic E-state index is 14.7. The van der Waals surface area contributed by atoms with Gasteiger partial charge < -0.3 is 24.4 Å². The van der Waals surface area contributed by atoms with E-state index in [1.165, 1.54) is 21.3 Å². The number of aryl methyl sites for hydroxylation is 1. The van der Waals surface area contributed by atoms with Crippen molar-refractivity contribution in [3.63, 3.8) is 0 Å². The molecule has 0 unspecified atom stereocenters. The molecule has 238 valence electrons. The molecule has 1 N–H and O–H groups in total. The van der Waals surface area contributed by atoms with Crippen molar-refractivity contribution in [3.05, 3.63) is 77.4 Å². The van der Waals surface area contributed by atoms with Crippen LogP contribution in [0.3, 0.4) is 0 Å². The Kier molecular flexibility index (Phi) is 10.2. The van der Waals surface area contributed by atoms with Crippen LogP contribution < -0.4 is 19.5 Å². The monoisotopic (exact) mass is 613 g/mol. The van der Waals surface area contributed by atoms with Crippen molar-refractivity contribution < 1.29 is 23.8 Å². The minimum Gasteiger partial charge on any atom is -0.493 e. The Balaban J connectivity index is 1.61. The van der Waals surface area contributed by atoms with Gasteiger partial charge in [-0.15, -0.1) is 5.10 Å². The molecule has 2 atom stereocenters. The number of aromatic nitrogens is 3. The number of amides is 2. The van der Waals surface area contributed by atoms with Gasteiger partial charge in [0.25, 0.3) is 0 Å². The molecular weight excluding hydrogens is 570 g/mol. The van der Waals surface area contributed by atoms with Crippen molar-refractivity contribution in [2.45, 2.75) is 70.5 Å². The first-order valence-electron chi connectivity index (χ1n) is 15.6. The van der Waals surface area contributed by atoms with Crippen LogP contribution in [-0.4, -0.2) is 65.6 Å². The van der Waals surface area contributed by atoms with Gasteiger partial charge in [-0.25, -0.2) is 4.68 Å². The highest BCUT2D eigenvalue weighted by molar-refractivity contribution is 5.91. The van der Waals surface area contributed by atoms with E-state index in [1.54, 1.807) is 28.6 Å². The zero-order valence-corrected chi connectivity index (χ0v) is 26.8. The predicted octanol–water partition coefficient (Wildman–Crippen LogP) is 5.59. The number of nitrogens with one attached hydrogen (secondary N) is 1. The van der Waals surface area contributed by atoms with Gasteiger partial charge >= 0.3 is 0 Å². The first kappa shape index (κ1) is 31.8. The zero-order chi connectivity index (χ0) is 31.9. The Labute approximate surface area is 264 Å². The van der Waals surface area contributed by atoms with Gasteiger partial charge in [0.2, 0.25) is 17.6 Å². The maximum Gasteiger partial charge on any atom is 0.248 e. The molecule has 10 nitrogen and oxygen atoms in total. The summed E-state index contributed by atoms with van der Waals surface area (Å²) >= 11 is 0. The predicted molar refractivity (Wildman–Crippen MR) is 173 cm³/mol. The average Bonchev–Trinajstić information content (AvgIpc) is 3.50. The molecule has 5 rings (SSSR count). The molecular formula is C35H43N5O5. The number of methoxy groups -OCH3 is 3. The van der Waals surface area contributed by atoms with Crippen molar-refractivity contribution in [2.75, 3.05) is 27.9 Å². The van der Waals surface area contributed by atoms with Crippen LogP contribution in [-0.2, 0) is 16.0 Å². The Morgan fingerprint density at radius 1 is 0.956 bits per heavy atom. The molecule has 0 aliphatic heterocycles. The third-order valence-corrected chi connectivity index (χ3v) is 8.78. The van der Waals surface area contributed by atoms with E-state index < -0.39 is 12.1 Å². The molecule has 1 aromatic heterocycles. The highest BCUT2D eigenvalue weighted by Crippen LogP contribution is 2.41. The molecule has 1 fully saturated rings. The first-order valence-corrected chi connectivity index (χ1v) is 15.6. The van der Waals surface area contributed by atoms with Gasteiger partial charge in [-0.1, -0.05) is 60.9 Å². The van der Waals surface area contributed by atoms with Crippen LogP contribution in [0, 0.1) is 6.92 Å². The van der Waals surface area contributed by atoms with E-state index in [0.717, 1.165) is 48.7 Å². The lowest BCUT2D eigenvalue weighted by atomic mass is 9.94. The van der Waals surface area contributed by atoms with Crippen LogP contribution in [0.15, 0.2) is 60.7 Å². The van der Waals surface area contributed by atoms with Crippen LogP contribution in [0.2, 0.25) is 0 Å². The van der Waals surface area contributed by atoms with Crippen molar-refractivity contribution in [1.82, 2.24) is 25.2 Å². The number of benzene rings is 3. The lowest BCUT2D eigenvalue weighted by Gasteiger charge is -2.35. The van der Waals surface area contributed by atoms with E-state index in [4.69, 9.17) is 14.2 Å². The molecule has 2 amide bonds. The fourth-order valence-electron chi connectivity index (χ4n) is 6.27. The van der Waals surface area contributed by atoms with E-state index in [9.17, 15) is 9.59 Å². The van der Waals surface area contributed by atoms with Gasteiger partial charge in [-0.05, 0) is 74.1 Å². The quantitative estimate of drug-likeness (QED) is 0.222. The van der Waals surface area contributed by atoms with Crippen LogP contribution in [0.25, 0.3) is 11.0 Å². The van der Waals surface area contributed by atoms with Crippen LogP contribution in [0.1, 0.15) is 67.8 Å². The molecule has 0 bridgehead atoms. The largest absolute Gasteiger partial charge is 0.493 e. The number of rotatable bonds is 12. The summed E-state index contributed by atoms with van der Waals surface area (Å²) in [6, 6.07) is 17.5. The molecule has 0 radical (unpaired) electrons. The van der Waals surface area contributed by atoms with Gasteiger partial charge in [0.05, 0.1) is 26.8 Å². The molecule has 1 aliphatic carbocycles. The summed E-state index contributed by atoms with van der Waals surface area (Å²) in [5.74, 6) is 0.727. The first-order chi connectivity index (χ1) is 21.9. The fourth-order valence-corrected chi connectivity index (χ4v) is 6.27. The van der Waals surface area contributed by atoms with E-state index in [0.29, 0.717) is 41.3 Å². The molecule has 0 saturated heterocycles. The van der Waals surface area contributed by atoms with Crippen molar-refractivity contribution in [1.29, 1.82) is 0 Å². The number of fused-ring (bicyclic) bond motifs is 1. The van der Waals surface area contributed by atoms with Crippen molar-refractivity contribution in [3.8, 4) is 17.2 Å². The third-order valence-electron chi connectivity index (χ3n) is 8.78. The molecule has 4 aromatic rings. The zero-order valence-electron chi connectivity index (χ0n) is 26.8. The van der Waals surface area contributed by atoms with E-state index in [-0.39, 0.29) is 17.9 Å². The van der Waals surface area contributed by atoms with Gasteiger partial charge in [0.15, 0.2) is 11.5 Å². The summed E-state index contributed by atoms with van der Waals surface area (Å²) in [5.41, 5.74) is 4.22. The molecule has 1 aliphatic rings. The summed E-state index contributed by atoms with van der Waals surface area (Å²) in [5, 5.41) is 11.9. The molecule has 10 heteroatoms. The van der Waals surface area contributed by atoms with Crippen LogP contribution in [0.5, 0.6) is 17.2 Å². The number of carbonyl (C=O) groups is 2. The summed E-state index contributed by atoms with van der Waals surface area (Å²) in [4.78, 5) is 30.8. The average molecular weight is 614 g/mol. The number of hydrogen-bond donors (Lipinski definition) is 1. The normalized spacial score (nSPS) is 14.9. The lowest BCUT2D eigenvalue weighted by Crippen LogP contribution is -2.49. The Hall–Kier alpha value is -4.60. The smallest absolute Gasteiger partial charge is 0.248 e. The highest BCUT2D eigenvalue weighted by atomic mass is 16.5. The van der Waals surface area contributed by atoms with Crippen LogP contribution in [0.4, 0.5) is 0 Å². The second kappa shape index (κ2) is 14.5. The Bertz CT molecular complexity index is 1600. The van der Waals surface area contributed by atoms with Gasteiger partial charge in [0.1, 0.15) is 17.6 Å². The summed E-state index contributed by atoms with van der Waals surface area (Å²) in [6.07, 6.45) is 5.66. The van der Waals surface area contributed by atoms with Crippen molar-refractivity contribution >= 4 is 22.8 Å². The second-order valence-electron chi connectivity index (χ2n) is 11.6. The number of para-hydroxylation sites is 1. The summed E-state index contributed by atoms with van der Waals surface area (Å²) < 4.78 is 18.6. The van der Waals surface area contributed by atoms with E-state index >= 15 is 0 Å². The standard InChI is InChI=1S/C35H43N5O5/c1-23-13-9-10-14-25(23)19-20-39(35(42)24(2)40-29-18-12-11-17-28(29)37-38-40)32(34(41)36-27-15-7-6-8-16-27)26-21-30(43-3)33(45-5)31(22-26)44-4/h9-14,17-18,21-22,24,27,32H,6-8,15-16,19-20H2,1-5H3,(H,36,41)/t24-,32+/m1/s1. The summed E-state index contributed by atoms with van der Waals surface area (Å²) in [6.45, 7) is 4.15. The lowest BCUT2D eigenvalue weighted by molar-refractivity contribution is -0.143. The number of carbonyl (C=O) groups excluding carboxylic acids is 2. The second-order valence-corrected chi connectivity index (χ2v) is 11.6. The number of nitrogens with zero attached hydrogens (tertiary/aromatic N) is 4.